The van der Waals surface area contributed by atoms with Crippen LogP contribution in [0.15, 0.2) is 42.7 Å². The molecule has 5 rings (SSSR count). The molecule has 0 aliphatic carbocycles. The van der Waals surface area contributed by atoms with Gasteiger partial charge in [-0.1, -0.05) is 12.1 Å². The Balaban J connectivity index is 1.52. The van der Waals surface area contributed by atoms with E-state index in [4.69, 9.17) is 0 Å². The predicted octanol–water partition coefficient (Wildman–Crippen LogP) is 2.58. The van der Waals surface area contributed by atoms with Crippen LogP contribution in [0, 0.1) is 11.6 Å². The molecule has 0 spiro atoms. The molecule has 3 aromatic rings. The molecule has 1 N–H and O–H groups in total. The Morgan fingerprint density at radius 2 is 1.97 bits per heavy atom. The van der Waals surface area contributed by atoms with Crippen molar-refractivity contribution in [3.8, 4) is 0 Å². The first kappa shape index (κ1) is 21.7. The topological polar surface area (TPSA) is 87.0 Å². The van der Waals surface area contributed by atoms with Crippen molar-refractivity contribution in [2.45, 2.75) is 25.1 Å². The summed E-state index contributed by atoms with van der Waals surface area (Å²) in [7, 11) is -4.03. The molecular formula is C21H20F3N5O3S. The fourth-order valence-electron chi connectivity index (χ4n) is 4.26. The zero-order valence-corrected chi connectivity index (χ0v) is 18.1. The van der Waals surface area contributed by atoms with Crippen LogP contribution < -0.4 is 9.62 Å². The summed E-state index contributed by atoms with van der Waals surface area (Å²) in [6.45, 7) is 0.487. The van der Waals surface area contributed by atoms with E-state index >= 15 is 4.39 Å². The van der Waals surface area contributed by atoms with E-state index in [2.05, 4.69) is 5.10 Å². The van der Waals surface area contributed by atoms with E-state index in [0.29, 0.717) is 25.1 Å². The highest BCUT2D eigenvalue weighted by atomic mass is 32.2. The number of hydrogen-bond donors (Lipinski definition) is 1. The average Bonchev–Trinajstić information content (AvgIpc) is 3.30. The largest absolute Gasteiger partial charge is 0.359 e. The van der Waals surface area contributed by atoms with Gasteiger partial charge in [0.05, 0.1) is 23.5 Å². The van der Waals surface area contributed by atoms with Gasteiger partial charge in [-0.15, -0.1) is 0 Å². The second-order valence-corrected chi connectivity index (χ2v) is 9.78. The summed E-state index contributed by atoms with van der Waals surface area (Å²) in [6.07, 6.45) is 1.97. The molecule has 0 bridgehead atoms. The number of fused-ring (bicyclic) bond motifs is 1. The van der Waals surface area contributed by atoms with E-state index in [0.717, 1.165) is 15.0 Å². The molecule has 33 heavy (non-hydrogen) atoms. The molecular weight excluding hydrogens is 459 g/mol. The minimum Gasteiger partial charge on any atom is -0.359 e. The summed E-state index contributed by atoms with van der Waals surface area (Å²) in [5, 5.41) is 3.95. The van der Waals surface area contributed by atoms with Gasteiger partial charge in [-0.05, 0) is 30.2 Å². The Morgan fingerprint density at radius 3 is 2.67 bits per heavy atom. The molecule has 1 aromatic carbocycles. The van der Waals surface area contributed by atoms with Gasteiger partial charge in [-0.3, -0.25) is 4.79 Å². The fourth-order valence-corrected chi connectivity index (χ4v) is 5.48. The monoisotopic (exact) mass is 479 g/mol. The number of carbonyl (C=O) groups is 1. The Labute approximate surface area is 187 Å². The van der Waals surface area contributed by atoms with Gasteiger partial charge >= 0.3 is 10.2 Å². The van der Waals surface area contributed by atoms with E-state index in [1.807, 2.05) is 4.72 Å². The molecule has 12 heteroatoms. The number of benzene rings is 1. The Hall–Kier alpha value is -3.12. The molecule has 2 aromatic heterocycles. The molecule has 174 valence electrons. The first-order valence-electron chi connectivity index (χ1n) is 10.4. The molecule has 2 fully saturated rings. The van der Waals surface area contributed by atoms with Crippen LogP contribution in [0.3, 0.4) is 0 Å². The van der Waals surface area contributed by atoms with Crippen molar-refractivity contribution in [1.29, 1.82) is 0 Å². The van der Waals surface area contributed by atoms with Crippen LogP contribution in [-0.2, 0) is 10.2 Å². The highest BCUT2D eigenvalue weighted by Gasteiger charge is 2.36. The summed E-state index contributed by atoms with van der Waals surface area (Å²) in [5.41, 5.74) is 0.0134. The second-order valence-electron chi connectivity index (χ2n) is 8.11. The summed E-state index contributed by atoms with van der Waals surface area (Å²) >= 11 is 0. The third kappa shape index (κ3) is 3.82. The van der Waals surface area contributed by atoms with Crippen LogP contribution in [0.4, 0.5) is 18.9 Å². The highest BCUT2D eigenvalue weighted by molar-refractivity contribution is 7.87. The lowest BCUT2D eigenvalue weighted by atomic mass is 10.0. The van der Waals surface area contributed by atoms with E-state index in [-0.39, 0.29) is 29.7 Å². The lowest BCUT2D eigenvalue weighted by Gasteiger charge is -2.29. The molecule has 0 radical (unpaired) electrons. The minimum atomic E-state index is -4.03. The fraction of sp³-hybridized carbons (Fsp3) is 0.333. The van der Waals surface area contributed by atoms with E-state index in [1.165, 1.54) is 35.4 Å². The van der Waals surface area contributed by atoms with Crippen molar-refractivity contribution in [3.05, 3.63) is 65.5 Å². The van der Waals surface area contributed by atoms with Gasteiger partial charge in [0, 0.05) is 32.3 Å². The van der Waals surface area contributed by atoms with Crippen LogP contribution in [0.5, 0.6) is 0 Å². The lowest BCUT2D eigenvalue weighted by Crippen LogP contribution is -2.49. The normalized spacial score (nSPS) is 21.4. The molecule has 2 unspecified atom stereocenters. The van der Waals surface area contributed by atoms with E-state index in [9.17, 15) is 22.0 Å². The molecule has 1 amide bonds. The number of nitrogens with one attached hydrogen (secondary N) is 1. The lowest BCUT2D eigenvalue weighted by molar-refractivity contribution is 0.0979. The Kier molecular flexibility index (Phi) is 5.28. The molecule has 2 atom stereocenters. The highest BCUT2D eigenvalue weighted by Crippen LogP contribution is 2.39. The third-order valence-electron chi connectivity index (χ3n) is 6.02. The van der Waals surface area contributed by atoms with Crippen LogP contribution >= 0.6 is 0 Å². The van der Waals surface area contributed by atoms with Gasteiger partial charge < -0.3 is 4.90 Å². The number of rotatable bonds is 5. The number of anilines is 1. The molecule has 8 nitrogen and oxygen atoms in total. The number of nitrogens with zero attached hydrogens (tertiary/aromatic N) is 4. The summed E-state index contributed by atoms with van der Waals surface area (Å²) < 4.78 is 72.5. The number of amides is 1. The molecule has 2 aliphatic rings. The smallest absolute Gasteiger partial charge is 0.304 e. The number of alkyl halides is 1. The summed E-state index contributed by atoms with van der Waals surface area (Å²) in [4.78, 5) is 14.2. The van der Waals surface area contributed by atoms with Crippen molar-refractivity contribution in [2.75, 3.05) is 24.5 Å². The van der Waals surface area contributed by atoms with Crippen molar-refractivity contribution in [1.82, 2.24) is 18.6 Å². The maximum absolute atomic E-state index is 15.7. The van der Waals surface area contributed by atoms with Gasteiger partial charge in [-0.25, -0.2) is 22.4 Å². The number of halogens is 3. The Bertz CT molecular complexity index is 1340. The third-order valence-corrected chi connectivity index (χ3v) is 7.50. The van der Waals surface area contributed by atoms with Crippen LogP contribution in [0.1, 0.15) is 34.8 Å². The first-order valence-corrected chi connectivity index (χ1v) is 11.8. The molecule has 2 saturated heterocycles. The van der Waals surface area contributed by atoms with Gasteiger partial charge in [0.25, 0.3) is 5.91 Å². The number of pyridine rings is 1. The maximum Gasteiger partial charge on any atom is 0.304 e. The zero-order valence-electron chi connectivity index (χ0n) is 17.3. The van der Waals surface area contributed by atoms with Crippen LogP contribution in [0.25, 0.3) is 5.52 Å². The SMILES string of the molecule is O=C(NS(=O)(=O)N1CCC1)c1cnn2ccc(N3CC(F)CC3c3cccc(F)c3)c(F)c12. The van der Waals surface area contributed by atoms with Crippen LogP contribution in [-0.4, -0.2) is 54.1 Å². The number of carbonyl (C=O) groups excluding carboxylic acids is 1. The van der Waals surface area contributed by atoms with E-state index in [1.54, 1.807) is 6.07 Å². The minimum absolute atomic E-state index is 0.0112. The van der Waals surface area contributed by atoms with Crippen molar-refractivity contribution >= 4 is 27.3 Å². The van der Waals surface area contributed by atoms with Crippen molar-refractivity contribution in [2.24, 2.45) is 0 Å². The number of aromatic nitrogens is 2. The quantitative estimate of drug-likeness (QED) is 0.608. The van der Waals surface area contributed by atoms with Crippen molar-refractivity contribution in [3.63, 3.8) is 0 Å². The Morgan fingerprint density at radius 1 is 1.18 bits per heavy atom. The summed E-state index contributed by atoms with van der Waals surface area (Å²) in [5.74, 6) is -2.35. The second kappa shape index (κ2) is 8.03. The van der Waals surface area contributed by atoms with Gasteiger partial charge in [0.2, 0.25) is 0 Å². The maximum atomic E-state index is 15.7. The van der Waals surface area contributed by atoms with Gasteiger partial charge in [-0.2, -0.15) is 17.8 Å². The van der Waals surface area contributed by atoms with Crippen molar-refractivity contribution < 1.29 is 26.4 Å². The van der Waals surface area contributed by atoms with Gasteiger partial charge in [0.15, 0.2) is 5.82 Å². The van der Waals surface area contributed by atoms with E-state index < -0.39 is 40.0 Å². The molecule has 4 heterocycles. The number of hydrogen-bond acceptors (Lipinski definition) is 5. The molecule has 2 aliphatic heterocycles. The average molecular weight is 479 g/mol. The zero-order chi connectivity index (χ0) is 23.3. The van der Waals surface area contributed by atoms with Gasteiger partial charge in [0.1, 0.15) is 17.5 Å². The predicted molar refractivity (Wildman–Crippen MR) is 114 cm³/mol. The first-order chi connectivity index (χ1) is 15.7. The standard InChI is InChI=1S/C21H20F3N5O3S/c22-14-4-1-3-13(9-14)18-10-15(23)12-28(18)17-5-8-29-20(19(17)24)16(11-25-29)21(30)26-33(31,32)27-6-2-7-27/h1,3-5,8-9,11,15,18H,2,6-7,10,12H2,(H,26,30). The molecule has 0 saturated carbocycles. The summed E-state index contributed by atoms with van der Waals surface area (Å²) in [6, 6.07) is 6.50. The van der Waals surface area contributed by atoms with Crippen LogP contribution in [0.2, 0.25) is 0 Å².